The molecule has 0 aromatic carbocycles. The Bertz CT molecular complexity index is 1550. The van der Waals surface area contributed by atoms with Crippen LogP contribution in [-0.4, -0.2) is 19.9 Å². The zero-order valence-corrected chi connectivity index (χ0v) is 17.6. The highest BCUT2D eigenvalue weighted by Gasteiger charge is 2.15. The first-order valence-electron chi connectivity index (χ1n) is 8.78. The maximum Gasteiger partial charge on any atom is 0.536 e. The lowest BCUT2D eigenvalue weighted by atomic mass is 10.1. The van der Waals surface area contributed by atoms with E-state index in [4.69, 9.17) is 13.1 Å². The summed E-state index contributed by atoms with van der Waals surface area (Å²) in [6, 6.07) is 7.40. The number of hydrogen-bond donors (Lipinski definition) is 0. The van der Waals surface area contributed by atoms with Gasteiger partial charge in [0.2, 0.25) is 0 Å². The Morgan fingerprint density at radius 2 is 1.19 bits per heavy atom. The molecule has 4 heterocycles. The molecular weight excluding hydrogens is 440 g/mol. The van der Waals surface area contributed by atoms with Gasteiger partial charge in [0.1, 0.15) is 48.0 Å². The molecule has 0 N–H and O–H groups in total. The summed E-state index contributed by atoms with van der Waals surface area (Å²) in [5.74, 6) is -0.0398. The molecule has 8 nitrogen and oxygen atoms in total. The number of rotatable bonds is 2. The van der Waals surface area contributed by atoms with Crippen molar-refractivity contribution in [3.63, 3.8) is 0 Å². The van der Waals surface area contributed by atoms with Gasteiger partial charge in [0.15, 0.2) is 0 Å². The monoisotopic (exact) mass is 448 g/mol. The SMILES string of the molecule is [C-]#[N+]C([N+]#[C-])=c1cc(-c2cncnc2)/c(=c2\sc(=C(C#N)C#N)cc2-c2cncnc2)s1. The molecule has 32 heavy (non-hydrogen) atoms. The second-order valence-electron chi connectivity index (χ2n) is 6.11. The molecule has 0 fully saturated rings. The van der Waals surface area contributed by atoms with Crippen LogP contribution in [0.1, 0.15) is 0 Å². The zero-order valence-electron chi connectivity index (χ0n) is 16.0. The van der Waals surface area contributed by atoms with E-state index < -0.39 is 0 Å². The highest BCUT2D eigenvalue weighted by Crippen LogP contribution is 2.28. The van der Waals surface area contributed by atoms with Crippen molar-refractivity contribution >= 4 is 34.1 Å². The van der Waals surface area contributed by atoms with E-state index >= 15 is 0 Å². The summed E-state index contributed by atoms with van der Waals surface area (Å²) < 4.78 is 2.56. The lowest BCUT2D eigenvalue weighted by Crippen LogP contribution is -1.95. The van der Waals surface area contributed by atoms with Gasteiger partial charge >= 0.3 is 5.82 Å². The van der Waals surface area contributed by atoms with Crippen molar-refractivity contribution in [2.24, 2.45) is 0 Å². The van der Waals surface area contributed by atoms with Crippen LogP contribution in [0.4, 0.5) is 0 Å². The molecule has 0 aliphatic carbocycles. The third-order valence-electron chi connectivity index (χ3n) is 4.32. The number of aromatic nitrogens is 4. The van der Waals surface area contributed by atoms with Gasteiger partial charge in [-0.25, -0.2) is 19.9 Å². The van der Waals surface area contributed by atoms with Crippen molar-refractivity contribution in [1.29, 1.82) is 10.5 Å². The minimum absolute atomic E-state index is 0.00436. The zero-order chi connectivity index (χ0) is 22.5. The van der Waals surface area contributed by atoms with Crippen molar-refractivity contribution in [3.05, 3.63) is 90.5 Å². The van der Waals surface area contributed by atoms with Crippen molar-refractivity contribution in [1.82, 2.24) is 19.9 Å². The second-order valence-corrected chi connectivity index (χ2v) is 8.21. The van der Waals surface area contributed by atoms with E-state index in [0.717, 1.165) is 20.2 Å². The van der Waals surface area contributed by atoms with Crippen LogP contribution in [0.25, 0.3) is 43.3 Å². The number of nitrogens with zero attached hydrogens (tertiary/aromatic N) is 8. The van der Waals surface area contributed by atoms with E-state index in [1.807, 2.05) is 12.1 Å². The van der Waals surface area contributed by atoms with Crippen LogP contribution < -0.4 is 9.06 Å². The molecule has 0 bridgehead atoms. The Morgan fingerprint density at radius 3 is 1.62 bits per heavy atom. The maximum atomic E-state index is 9.38. The second kappa shape index (κ2) is 8.95. The molecule has 4 rings (SSSR count). The lowest BCUT2D eigenvalue weighted by Gasteiger charge is -1.98. The van der Waals surface area contributed by atoms with Gasteiger partial charge in [0.25, 0.3) is 0 Å². The molecule has 0 radical (unpaired) electrons. The highest BCUT2D eigenvalue weighted by molar-refractivity contribution is 7.12. The topological polar surface area (TPSA) is 108 Å². The molecule has 0 atom stereocenters. The average Bonchev–Trinajstić information content (AvgIpc) is 3.47. The number of thiophene rings is 2. The lowest BCUT2D eigenvalue weighted by molar-refractivity contribution is 1.17. The van der Waals surface area contributed by atoms with Gasteiger partial charge in [0.05, 0.1) is 13.6 Å². The van der Waals surface area contributed by atoms with Gasteiger partial charge in [-0.2, -0.15) is 20.2 Å². The summed E-state index contributed by atoms with van der Waals surface area (Å²) in [6.07, 6.45) is 9.44. The minimum atomic E-state index is -0.0398. The van der Waals surface area contributed by atoms with Gasteiger partial charge in [-0.15, -0.1) is 22.7 Å². The predicted octanol–water partition coefficient (Wildman–Crippen LogP) is 3.11. The molecule has 0 spiro atoms. The Balaban J connectivity index is 2.30. The third-order valence-corrected chi connectivity index (χ3v) is 6.76. The summed E-state index contributed by atoms with van der Waals surface area (Å²) in [7, 11) is 0. The summed E-state index contributed by atoms with van der Waals surface area (Å²) in [4.78, 5) is 23.0. The standard InChI is InChI=1S/C22H8N8S2/c1-25-22(26-2)19-4-17(15-9-29-12-30-10-15)21(32-19)20-16(14-7-27-11-28-8-14)3-18(31-20)13(5-23)6-24/h3-4,7-12H/b21-20+. The average molecular weight is 448 g/mol. The van der Waals surface area contributed by atoms with Gasteiger partial charge in [-0.3, -0.25) is 0 Å². The van der Waals surface area contributed by atoms with Crippen LogP contribution in [0.15, 0.2) is 49.6 Å². The maximum absolute atomic E-state index is 9.38. The molecule has 148 valence electrons. The predicted molar refractivity (Wildman–Crippen MR) is 119 cm³/mol. The van der Waals surface area contributed by atoms with Crippen LogP contribution in [0, 0.1) is 44.9 Å². The first-order chi connectivity index (χ1) is 15.7. The number of hydrogen-bond acceptors (Lipinski definition) is 8. The van der Waals surface area contributed by atoms with Crippen LogP contribution in [0.2, 0.25) is 0 Å². The third kappa shape index (κ3) is 3.71. The fourth-order valence-electron chi connectivity index (χ4n) is 2.93. The van der Waals surface area contributed by atoms with Crippen molar-refractivity contribution in [2.45, 2.75) is 0 Å². The minimum Gasteiger partial charge on any atom is -0.244 e. The van der Waals surface area contributed by atoms with Crippen molar-refractivity contribution in [2.75, 3.05) is 0 Å². The van der Waals surface area contributed by atoms with E-state index in [0.29, 0.717) is 20.2 Å². The fourth-order valence-corrected chi connectivity index (χ4v) is 5.33. The first-order valence-corrected chi connectivity index (χ1v) is 10.4. The van der Waals surface area contributed by atoms with Gasteiger partial charge in [-0.05, 0) is 12.1 Å². The van der Waals surface area contributed by atoms with Crippen LogP contribution in [0.3, 0.4) is 0 Å². The molecule has 0 saturated carbocycles. The Hall–Kier alpha value is -4.74. The highest BCUT2D eigenvalue weighted by atomic mass is 32.1. The van der Waals surface area contributed by atoms with E-state index in [1.54, 1.807) is 36.9 Å². The van der Waals surface area contributed by atoms with Gasteiger partial charge < -0.3 is 0 Å². The van der Waals surface area contributed by atoms with Crippen molar-refractivity contribution < 1.29 is 0 Å². The van der Waals surface area contributed by atoms with Gasteiger partial charge in [-0.1, -0.05) is 0 Å². The summed E-state index contributed by atoms with van der Waals surface area (Å²) >= 11 is 2.57. The Labute approximate surface area is 189 Å². The molecular formula is C22H8N8S2. The van der Waals surface area contributed by atoms with Crippen LogP contribution in [-0.2, 0) is 0 Å². The van der Waals surface area contributed by atoms with E-state index in [2.05, 4.69) is 29.6 Å². The van der Waals surface area contributed by atoms with Crippen LogP contribution in [0.5, 0.6) is 0 Å². The van der Waals surface area contributed by atoms with Crippen molar-refractivity contribution in [3.8, 4) is 34.4 Å². The Morgan fingerprint density at radius 1 is 0.750 bits per heavy atom. The largest absolute Gasteiger partial charge is 0.536 e. The molecule has 0 aliphatic heterocycles. The Kier molecular flexibility index (Phi) is 5.74. The van der Waals surface area contributed by atoms with Gasteiger partial charge in [0, 0.05) is 47.0 Å². The van der Waals surface area contributed by atoms with E-state index in [9.17, 15) is 10.5 Å². The molecule has 10 heteroatoms. The molecule has 0 amide bonds. The quantitative estimate of drug-likeness (QED) is 0.436. The van der Waals surface area contributed by atoms with E-state index in [1.165, 1.54) is 35.3 Å². The summed E-state index contributed by atoms with van der Waals surface area (Å²) in [5, 5.41) is 18.8. The smallest absolute Gasteiger partial charge is 0.244 e. The van der Waals surface area contributed by atoms with E-state index in [-0.39, 0.29) is 11.4 Å². The fraction of sp³-hybridized carbons (Fsp3) is 0. The normalized spacial score (nSPS) is 10.9. The molecule has 0 saturated heterocycles. The molecule has 4 aromatic rings. The molecule has 0 unspecified atom stereocenters. The molecule has 0 aliphatic rings. The number of nitriles is 2. The van der Waals surface area contributed by atoms with Crippen LogP contribution >= 0.6 is 22.7 Å². The summed E-state index contributed by atoms with van der Waals surface area (Å²) in [5.41, 5.74) is 2.92. The summed E-state index contributed by atoms with van der Waals surface area (Å²) in [6.45, 7) is 14.7. The first kappa shape index (κ1) is 20.5. The molecule has 4 aromatic heterocycles.